The van der Waals surface area contributed by atoms with Crippen molar-refractivity contribution in [1.29, 1.82) is 0 Å². The second-order valence-corrected chi connectivity index (χ2v) is 4.00. The van der Waals surface area contributed by atoms with Gasteiger partial charge in [0.1, 0.15) is 5.69 Å². The molecule has 0 aliphatic heterocycles. The number of aldehydes is 1. The number of nitrogens with zero attached hydrogens (tertiary/aromatic N) is 2. The summed E-state index contributed by atoms with van der Waals surface area (Å²) in [6, 6.07) is 0. The van der Waals surface area contributed by atoms with Gasteiger partial charge in [0.15, 0.2) is 6.29 Å². The van der Waals surface area contributed by atoms with E-state index in [1.807, 2.05) is 4.57 Å². The maximum atomic E-state index is 10.6. The van der Waals surface area contributed by atoms with Crippen LogP contribution in [0.15, 0.2) is 12.5 Å². The lowest BCUT2D eigenvalue weighted by molar-refractivity contribution is 0.110. The molecule has 4 nitrogen and oxygen atoms in total. The van der Waals surface area contributed by atoms with Gasteiger partial charge >= 0.3 is 0 Å². The van der Waals surface area contributed by atoms with Gasteiger partial charge in [0, 0.05) is 19.8 Å². The Labute approximate surface area is 89.3 Å². The number of aryl methyl sites for hydroxylation is 1. The van der Waals surface area contributed by atoms with Gasteiger partial charge in [-0.05, 0) is 25.2 Å². The first-order valence-electron chi connectivity index (χ1n) is 5.43. The van der Waals surface area contributed by atoms with Crippen LogP contribution in [0.4, 0.5) is 0 Å². The van der Waals surface area contributed by atoms with Gasteiger partial charge < -0.3 is 9.30 Å². The Morgan fingerprint density at radius 1 is 1.60 bits per heavy atom. The second kappa shape index (κ2) is 5.07. The van der Waals surface area contributed by atoms with Crippen molar-refractivity contribution in [1.82, 2.24) is 9.55 Å². The third kappa shape index (κ3) is 3.16. The molecule has 0 unspecified atom stereocenters. The van der Waals surface area contributed by atoms with Gasteiger partial charge in [-0.25, -0.2) is 4.98 Å². The van der Waals surface area contributed by atoms with Crippen LogP contribution < -0.4 is 0 Å². The van der Waals surface area contributed by atoms with E-state index >= 15 is 0 Å². The van der Waals surface area contributed by atoms with Crippen LogP contribution in [-0.4, -0.2) is 29.1 Å². The number of carbonyl (C=O) groups excluding carboxylic acids is 1. The van der Waals surface area contributed by atoms with Crippen molar-refractivity contribution in [2.75, 3.05) is 13.2 Å². The Morgan fingerprint density at radius 2 is 2.47 bits per heavy atom. The summed E-state index contributed by atoms with van der Waals surface area (Å²) in [6.45, 7) is 2.48. The molecule has 82 valence electrons. The molecule has 0 amide bonds. The van der Waals surface area contributed by atoms with Gasteiger partial charge in [-0.2, -0.15) is 0 Å². The molecule has 15 heavy (non-hydrogen) atoms. The summed E-state index contributed by atoms with van der Waals surface area (Å²) in [5.41, 5.74) is 0.636. The minimum absolute atomic E-state index is 0.636. The third-order valence-corrected chi connectivity index (χ3v) is 2.60. The van der Waals surface area contributed by atoms with Crippen molar-refractivity contribution in [2.45, 2.75) is 25.8 Å². The van der Waals surface area contributed by atoms with Crippen molar-refractivity contribution in [2.24, 2.45) is 5.92 Å². The topological polar surface area (TPSA) is 44.1 Å². The Morgan fingerprint density at radius 3 is 3.20 bits per heavy atom. The molecule has 1 aliphatic rings. The van der Waals surface area contributed by atoms with E-state index in [-0.39, 0.29) is 0 Å². The van der Waals surface area contributed by atoms with Crippen LogP contribution in [-0.2, 0) is 11.3 Å². The average Bonchev–Trinajstić information content (AvgIpc) is 2.96. The third-order valence-electron chi connectivity index (χ3n) is 2.60. The molecule has 1 saturated carbocycles. The summed E-state index contributed by atoms with van der Waals surface area (Å²) < 4.78 is 7.36. The highest BCUT2D eigenvalue weighted by Gasteiger charge is 2.20. The van der Waals surface area contributed by atoms with Crippen LogP contribution in [0.2, 0.25) is 0 Å². The highest BCUT2D eigenvalue weighted by Crippen LogP contribution is 2.28. The Hall–Kier alpha value is -1.16. The van der Waals surface area contributed by atoms with Gasteiger partial charge in [0.05, 0.1) is 12.5 Å². The van der Waals surface area contributed by atoms with E-state index in [4.69, 9.17) is 4.74 Å². The first-order valence-corrected chi connectivity index (χ1v) is 5.43. The van der Waals surface area contributed by atoms with E-state index in [0.29, 0.717) is 5.69 Å². The molecule has 2 rings (SSSR count). The number of ether oxygens (including phenoxy) is 1. The zero-order valence-electron chi connectivity index (χ0n) is 8.76. The van der Waals surface area contributed by atoms with Crippen molar-refractivity contribution in [3.63, 3.8) is 0 Å². The molecule has 1 aromatic rings. The SMILES string of the molecule is O=Cc1cncn1CCCOCC1CC1. The molecule has 1 aliphatic carbocycles. The van der Waals surface area contributed by atoms with Crippen LogP contribution in [0, 0.1) is 5.92 Å². The maximum Gasteiger partial charge on any atom is 0.168 e. The van der Waals surface area contributed by atoms with Crippen LogP contribution in [0.25, 0.3) is 0 Å². The number of hydrogen-bond donors (Lipinski definition) is 0. The molecule has 1 heterocycles. The van der Waals surface area contributed by atoms with E-state index in [1.54, 1.807) is 12.5 Å². The number of carbonyl (C=O) groups is 1. The molecule has 0 spiro atoms. The molecule has 0 saturated heterocycles. The van der Waals surface area contributed by atoms with Crippen molar-refractivity contribution in [3.8, 4) is 0 Å². The van der Waals surface area contributed by atoms with Gasteiger partial charge in [-0.3, -0.25) is 4.79 Å². The zero-order chi connectivity index (χ0) is 10.5. The predicted molar refractivity (Wildman–Crippen MR) is 55.8 cm³/mol. The van der Waals surface area contributed by atoms with Crippen LogP contribution in [0.1, 0.15) is 29.8 Å². The van der Waals surface area contributed by atoms with E-state index in [0.717, 1.165) is 38.4 Å². The first kappa shape index (κ1) is 10.4. The molecule has 0 N–H and O–H groups in total. The van der Waals surface area contributed by atoms with Crippen molar-refractivity contribution >= 4 is 6.29 Å². The molecule has 4 heteroatoms. The average molecular weight is 208 g/mol. The summed E-state index contributed by atoms with van der Waals surface area (Å²) in [6.07, 6.45) is 7.69. The van der Waals surface area contributed by atoms with E-state index in [1.165, 1.54) is 12.8 Å². The van der Waals surface area contributed by atoms with Gasteiger partial charge in [0.2, 0.25) is 0 Å². The fourth-order valence-electron chi connectivity index (χ4n) is 1.49. The fourth-order valence-corrected chi connectivity index (χ4v) is 1.49. The summed E-state index contributed by atoms with van der Waals surface area (Å²) in [5, 5.41) is 0. The van der Waals surface area contributed by atoms with Crippen molar-refractivity contribution in [3.05, 3.63) is 18.2 Å². The van der Waals surface area contributed by atoms with Gasteiger partial charge in [-0.15, -0.1) is 0 Å². The minimum atomic E-state index is 0.636. The quantitative estimate of drug-likeness (QED) is 0.504. The zero-order valence-corrected chi connectivity index (χ0v) is 8.76. The van der Waals surface area contributed by atoms with Gasteiger partial charge in [-0.1, -0.05) is 0 Å². The lowest BCUT2D eigenvalue weighted by Gasteiger charge is -2.05. The van der Waals surface area contributed by atoms with Crippen LogP contribution >= 0.6 is 0 Å². The smallest absolute Gasteiger partial charge is 0.168 e. The second-order valence-electron chi connectivity index (χ2n) is 4.00. The van der Waals surface area contributed by atoms with Gasteiger partial charge in [0.25, 0.3) is 0 Å². The van der Waals surface area contributed by atoms with Crippen molar-refractivity contribution < 1.29 is 9.53 Å². The highest BCUT2D eigenvalue weighted by atomic mass is 16.5. The molecule has 0 radical (unpaired) electrons. The van der Waals surface area contributed by atoms with Crippen LogP contribution in [0.3, 0.4) is 0 Å². The normalized spacial score (nSPS) is 15.5. The molecule has 1 aromatic heterocycles. The first-order chi connectivity index (χ1) is 7.40. The Kier molecular flexibility index (Phi) is 3.50. The largest absolute Gasteiger partial charge is 0.381 e. The lowest BCUT2D eigenvalue weighted by atomic mass is 10.4. The molecule has 0 bridgehead atoms. The van der Waals surface area contributed by atoms with Crippen LogP contribution in [0.5, 0.6) is 0 Å². The molecular weight excluding hydrogens is 192 g/mol. The Balaban J connectivity index is 1.61. The predicted octanol–water partition coefficient (Wildman–Crippen LogP) is 1.51. The molecule has 0 atom stereocenters. The number of rotatable bonds is 7. The summed E-state index contributed by atoms with van der Waals surface area (Å²) in [4.78, 5) is 14.5. The van der Waals surface area contributed by atoms with E-state index in [2.05, 4.69) is 4.98 Å². The summed E-state index contributed by atoms with van der Waals surface area (Å²) in [7, 11) is 0. The molecule has 1 fully saturated rings. The minimum Gasteiger partial charge on any atom is -0.381 e. The number of imidazole rings is 1. The number of hydrogen-bond acceptors (Lipinski definition) is 3. The lowest BCUT2D eigenvalue weighted by Crippen LogP contribution is -2.05. The Bertz CT molecular complexity index is 318. The molecular formula is C11H16N2O2. The summed E-state index contributed by atoms with van der Waals surface area (Å²) in [5.74, 6) is 0.823. The molecule has 0 aromatic carbocycles. The van der Waals surface area contributed by atoms with E-state index in [9.17, 15) is 4.79 Å². The number of aromatic nitrogens is 2. The highest BCUT2D eigenvalue weighted by molar-refractivity contribution is 5.71. The summed E-state index contributed by atoms with van der Waals surface area (Å²) >= 11 is 0. The standard InChI is InChI=1S/C11H16N2O2/c14-7-11-6-12-9-13(11)4-1-5-15-8-10-2-3-10/h6-7,9-10H,1-5,8H2. The van der Waals surface area contributed by atoms with E-state index < -0.39 is 0 Å². The monoisotopic (exact) mass is 208 g/mol. The fraction of sp³-hybridized carbons (Fsp3) is 0.636. The maximum absolute atomic E-state index is 10.6.